The monoisotopic (exact) mass is 342 g/mol. The summed E-state index contributed by atoms with van der Waals surface area (Å²) in [5.74, 6) is 1.62. The molecular weight excluding hydrogens is 316 g/mol. The smallest absolute Gasteiger partial charge is 0.270 e. The first-order valence-electron chi connectivity index (χ1n) is 9.09. The molecular formula is C19H26N4O2. The van der Waals surface area contributed by atoms with Crippen molar-refractivity contribution in [3.8, 4) is 0 Å². The highest BCUT2D eigenvalue weighted by Crippen LogP contribution is 2.30. The largest absolute Gasteiger partial charge is 0.361 e. The third-order valence-electron chi connectivity index (χ3n) is 5.78. The average molecular weight is 342 g/mol. The highest BCUT2D eigenvalue weighted by Gasteiger charge is 2.38. The van der Waals surface area contributed by atoms with Gasteiger partial charge in [-0.25, -0.2) is 0 Å². The van der Waals surface area contributed by atoms with Gasteiger partial charge in [-0.05, 0) is 44.7 Å². The zero-order valence-electron chi connectivity index (χ0n) is 15.2. The van der Waals surface area contributed by atoms with Gasteiger partial charge in [-0.3, -0.25) is 9.69 Å². The number of carbonyl (C=O) groups excluding carboxylic acids is 1. The minimum atomic E-state index is 0.168. The van der Waals surface area contributed by atoms with E-state index in [0.29, 0.717) is 12.0 Å². The van der Waals surface area contributed by atoms with Crippen molar-refractivity contribution < 1.29 is 9.32 Å². The fourth-order valence-electron chi connectivity index (χ4n) is 4.34. The van der Waals surface area contributed by atoms with E-state index in [4.69, 9.17) is 4.52 Å². The van der Waals surface area contributed by atoms with E-state index in [1.165, 1.54) is 12.0 Å². The molecule has 0 aromatic carbocycles. The summed E-state index contributed by atoms with van der Waals surface area (Å²) >= 11 is 0. The van der Waals surface area contributed by atoms with E-state index >= 15 is 0 Å². The third kappa shape index (κ3) is 2.99. The number of piperidine rings is 1. The molecule has 3 fully saturated rings. The van der Waals surface area contributed by atoms with Crippen LogP contribution < -0.4 is 0 Å². The van der Waals surface area contributed by atoms with Crippen LogP contribution in [0.4, 0.5) is 0 Å². The molecule has 0 saturated carbocycles. The van der Waals surface area contributed by atoms with Crippen LogP contribution in [0.5, 0.6) is 0 Å². The molecule has 0 unspecified atom stereocenters. The number of amides is 1. The molecule has 25 heavy (non-hydrogen) atoms. The second-order valence-corrected chi connectivity index (χ2v) is 7.56. The maximum absolute atomic E-state index is 13.0. The molecule has 0 radical (unpaired) electrons. The number of hydrogen-bond acceptors (Lipinski definition) is 4. The van der Waals surface area contributed by atoms with Gasteiger partial charge >= 0.3 is 0 Å². The van der Waals surface area contributed by atoms with Crippen molar-refractivity contribution in [1.29, 1.82) is 0 Å². The molecule has 5 rings (SSSR count). The number of nitrogens with zero attached hydrogens (tertiary/aromatic N) is 4. The van der Waals surface area contributed by atoms with Gasteiger partial charge in [0.05, 0.1) is 5.69 Å². The van der Waals surface area contributed by atoms with Gasteiger partial charge in [0.2, 0.25) is 0 Å². The summed E-state index contributed by atoms with van der Waals surface area (Å²) in [6.07, 6.45) is 4.24. The lowest BCUT2D eigenvalue weighted by Crippen LogP contribution is -2.47. The van der Waals surface area contributed by atoms with Gasteiger partial charge in [0, 0.05) is 51.0 Å². The molecule has 3 saturated heterocycles. The van der Waals surface area contributed by atoms with Crippen LogP contribution in [0.15, 0.2) is 22.9 Å². The highest BCUT2D eigenvalue weighted by atomic mass is 16.5. The van der Waals surface area contributed by atoms with E-state index in [-0.39, 0.29) is 5.91 Å². The van der Waals surface area contributed by atoms with Crippen LogP contribution in [0.3, 0.4) is 0 Å². The van der Waals surface area contributed by atoms with Crippen molar-refractivity contribution in [1.82, 2.24) is 19.5 Å². The molecule has 3 aliphatic heterocycles. The third-order valence-corrected chi connectivity index (χ3v) is 5.78. The Kier molecular flexibility index (Phi) is 4.15. The van der Waals surface area contributed by atoms with Crippen LogP contribution >= 0.6 is 0 Å². The maximum Gasteiger partial charge on any atom is 0.270 e. The molecule has 0 N–H and O–H groups in total. The number of aromatic nitrogens is 2. The predicted octanol–water partition coefficient (Wildman–Crippen LogP) is 2.37. The van der Waals surface area contributed by atoms with Crippen molar-refractivity contribution in [2.45, 2.75) is 39.3 Å². The van der Waals surface area contributed by atoms with Crippen molar-refractivity contribution in [3.63, 3.8) is 0 Å². The van der Waals surface area contributed by atoms with Crippen molar-refractivity contribution in [3.05, 3.63) is 41.0 Å². The fourth-order valence-corrected chi connectivity index (χ4v) is 4.34. The average Bonchev–Trinajstić information content (AvgIpc) is 3.02. The van der Waals surface area contributed by atoms with Gasteiger partial charge in [-0.15, -0.1) is 0 Å². The normalized spacial score (nSPS) is 23.9. The standard InChI is InChI=1S/C19H26N4O2/c1-13-17(14(2)25-20-13)12-22-9-15-6-7-16(11-22)23(10-15)19(24)18-5-4-8-21(18)3/h4-5,8,15-16H,6-7,9-12H2,1-3H3/t15-,16+/m1/s1. The van der Waals surface area contributed by atoms with E-state index in [1.54, 1.807) is 0 Å². The fraction of sp³-hybridized carbons (Fsp3) is 0.579. The van der Waals surface area contributed by atoms with Gasteiger partial charge in [0.25, 0.3) is 5.91 Å². The Balaban J connectivity index is 1.53. The van der Waals surface area contributed by atoms with Gasteiger partial charge in [0.1, 0.15) is 11.5 Å². The Hall–Kier alpha value is -2.08. The summed E-state index contributed by atoms with van der Waals surface area (Å²) in [4.78, 5) is 17.6. The van der Waals surface area contributed by atoms with Gasteiger partial charge in [-0.1, -0.05) is 5.16 Å². The van der Waals surface area contributed by atoms with Crippen LogP contribution in [0.1, 0.15) is 40.3 Å². The summed E-state index contributed by atoms with van der Waals surface area (Å²) in [7, 11) is 1.94. The Morgan fingerprint density at radius 1 is 1.28 bits per heavy atom. The van der Waals surface area contributed by atoms with E-state index < -0.39 is 0 Å². The first-order valence-corrected chi connectivity index (χ1v) is 9.09. The summed E-state index contributed by atoms with van der Waals surface area (Å²) in [5, 5.41) is 4.08. The highest BCUT2D eigenvalue weighted by molar-refractivity contribution is 5.93. The minimum Gasteiger partial charge on any atom is -0.361 e. The zero-order chi connectivity index (χ0) is 17.6. The molecule has 0 aliphatic carbocycles. The van der Waals surface area contributed by atoms with E-state index in [2.05, 4.69) is 15.0 Å². The minimum absolute atomic E-state index is 0.168. The maximum atomic E-state index is 13.0. The molecule has 3 aliphatic rings. The molecule has 2 bridgehead atoms. The summed E-state index contributed by atoms with van der Waals surface area (Å²) < 4.78 is 7.23. The molecule has 2 aromatic rings. The number of hydrogen-bond donors (Lipinski definition) is 0. The zero-order valence-corrected chi connectivity index (χ0v) is 15.2. The Morgan fingerprint density at radius 2 is 2.12 bits per heavy atom. The molecule has 1 amide bonds. The van der Waals surface area contributed by atoms with Gasteiger partial charge < -0.3 is 14.0 Å². The Bertz CT molecular complexity index is 759. The van der Waals surface area contributed by atoms with Crippen LogP contribution in [0, 0.1) is 19.8 Å². The number of carbonyl (C=O) groups is 1. The second-order valence-electron chi connectivity index (χ2n) is 7.56. The summed E-state index contributed by atoms with van der Waals surface area (Å²) in [6, 6.07) is 4.15. The molecule has 5 heterocycles. The topological polar surface area (TPSA) is 54.5 Å². The molecule has 6 heteroatoms. The van der Waals surface area contributed by atoms with Crippen molar-refractivity contribution in [2.24, 2.45) is 13.0 Å². The number of rotatable bonds is 3. The lowest BCUT2D eigenvalue weighted by Gasteiger charge is -2.36. The molecule has 6 nitrogen and oxygen atoms in total. The Labute approximate surface area is 148 Å². The van der Waals surface area contributed by atoms with E-state index in [0.717, 1.165) is 49.7 Å². The molecule has 134 valence electrons. The van der Waals surface area contributed by atoms with E-state index in [9.17, 15) is 4.79 Å². The summed E-state index contributed by atoms with van der Waals surface area (Å²) in [5.41, 5.74) is 2.96. The number of aryl methyl sites for hydroxylation is 3. The first-order chi connectivity index (χ1) is 12.0. The van der Waals surface area contributed by atoms with E-state index in [1.807, 2.05) is 43.8 Å². The lowest BCUT2D eigenvalue weighted by molar-refractivity contribution is 0.0575. The van der Waals surface area contributed by atoms with Gasteiger partial charge in [-0.2, -0.15) is 0 Å². The first kappa shape index (κ1) is 16.4. The Morgan fingerprint density at radius 3 is 2.80 bits per heavy atom. The molecule has 2 atom stereocenters. The number of fused-ring (bicyclic) bond motifs is 4. The summed E-state index contributed by atoms with van der Waals surface area (Å²) in [6.45, 7) is 7.68. The van der Waals surface area contributed by atoms with Crippen LogP contribution in [0.25, 0.3) is 0 Å². The van der Waals surface area contributed by atoms with Crippen LogP contribution in [-0.4, -0.2) is 51.1 Å². The quantitative estimate of drug-likeness (QED) is 0.859. The lowest BCUT2D eigenvalue weighted by atomic mass is 9.94. The molecule has 2 aromatic heterocycles. The predicted molar refractivity (Wildman–Crippen MR) is 94.2 cm³/mol. The van der Waals surface area contributed by atoms with Crippen molar-refractivity contribution >= 4 is 5.91 Å². The van der Waals surface area contributed by atoms with Crippen LogP contribution in [0.2, 0.25) is 0 Å². The SMILES string of the molecule is Cc1noc(C)c1CN1C[C@H]2CC[C@@H](C1)N(C(=O)c1cccn1C)C2. The van der Waals surface area contributed by atoms with Crippen molar-refractivity contribution in [2.75, 3.05) is 19.6 Å². The van der Waals surface area contributed by atoms with Gasteiger partial charge in [0.15, 0.2) is 0 Å². The van der Waals surface area contributed by atoms with Crippen LogP contribution in [-0.2, 0) is 13.6 Å². The second kappa shape index (κ2) is 6.33. The molecule has 0 spiro atoms.